The van der Waals surface area contributed by atoms with E-state index in [1.165, 1.54) is 36.5 Å². The van der Waals surface area contributed by atoms with E-state index in [-0.39, 0.29) is 29.9 Å². The topological polar surface area (TPSA) is 199 Å². The Morgan fingerprint density at radius 1 is 0.812 bits per heavy atom. The molecule has 3 aromatic carbocycles. The number of halogens is 1. The van der Waals surface area contributed by atoms with Crippen molar-refractivity contribution in [3.8, 4) is 11.5 Å². The van der Waals surface area contributed by atoms with E-state index in [2.05, 4.69) is 71.1 Å². The molecule has 1 saturated carbocycles. The Labute approximate surface area is 397 Å². The Kier molecular flexibility index (Phi) is 12.5. The van der Waals surface area contributed by atoms with Gasteiger partial charge in [-0.1, -0.05) is 0 Å². The zero-order valence-electron chi connectivity index (χ0n) is 38.2. The molecular formula is C51H53FN10O7. The first kappa shape index (κ1) is 45.5. The number of hydrogen-bond donors (Lipinski definition) is 4. The molecule has 356 valence electrons. The van der Waals surface area contributed by atoms with E-state index in [1.807, 2.05) is 6.07 Å². The van der Waals surface area contributed by atoms with Crippen LogP contribution in [0.2, 0.25) is 0 Å². The van der Waals surface area contributed by atoms with Gasteiger partial charge in [0.25, 0.3) is 11.8 Å². The zero-order chi connectivity index (χ0) is 47.8. The Balaban J connectivity index is 0.671. The predicted molar refractivity (Wildman–Crippen MR) is 255 cm³/mol. The van der Waals surface area contributed by atoms with Crippen LogP contribution >= 0.6 is 0 Å². The number of amides is 6. The van der Waals surface area contributed by atoms with E-state index in [0.29, 0.717) is 60.0 Å². The van der Waals surface area contributed by atoms with Crippen LogP contribution in [0.15, 0.2) is 91.3 Å². The number of aromatic nitrogens is 2. The average Bonchev–Trinajstić information content (AvgIpc) is 4.14. The zero-order valence-corrected chi connectivity index (χ0v) is 38.2. The number of piperazine rings is 1. The summed E-state index contributed by atoms with van der Waals surface area (Å²) in [4.78, 5) is 94.5. The lowest BCUT2D eigenvalue weighted by Crippen LogP contribution is -2.54. The molecule has 3 saturated heterocycles. The minimum Gasteiger partial charge on any atom is -0.457 e. The number of ether oxygens (including phenoxy) is 1. The molecule has 0 spiro atoms. The number of nitrogens with zero attached hydrogens (tertiary/aromatic N) is 6. The maximum atomic E-state index is 13.5. The highest BCUT2D eigenvalue weighted by molar-refractivity contribution is 6.25. The van der Waals surface area contributed by atoms with Gasteiger partial charge in [0.15, 0.2) is 0 Å². The summed E-state index contributed by atoms with van der Waals surface area (Å²) in [6, 6.07) is 21.5. The highest BCUT2D eigenvalue weighted by Crippen LogP contribution is 2.48. The number of carbonyl (C=O) groups excluding carboxylic acids is 6. The van der Waals surface area contributed by atoms with Crippen LogP contribution in [0.4, 0.5) is 27.3 Å². The molecule has 17 nitrogen and oxygen atoms in total. The summed E-state index contributed by atoms with van der Waals surface area (Å²) in [5.74, 6) is -1.26. The molecule has 6 amide bonds. The van der Waals surface area contributed by atoms with Crippen molar-refractivity contribution < 1.29 is 37.9 Å². The molecule has 18 heteroatoms. The van der Waals surface area contributed by atoms with Gasteiger partial charge in [-0.15, -0.1) is 0 Å². The van der Waals surface area contributed by atoms with E-state index < -0.39 is 46.8 Å². The van der Waals surface area contributed by atoms with Crippen LogP contribution in [0.5, 0.6) is 11.5 Å². The van der Waals surface area contributed by atoms with Gasteiger partial charge in [0.2, 0.25) is 23.6 Å². The SMILES string of the molecule is CC(C1CCN(c2ccc3c(Oc4ccc(NC(=O)C5(C(=O)Nc6ccc(F)cc6)CC5)cc4)ccnc3c2)CC1)N1CCN(CCNc2nccc3c2C(=O)N(C2CCC(=O)NC2=O)C3=O)CC1. The molecule has 1 aliphatic carbocycles. The van der Waals surface area contributed by atoms with Gasteiger partial charge in [-0.25, -0.2) is 9.37 Å². The van der Waals surface area contributed by atoms with Crippen molar-refractivity contribution >= 4 is 69.2 Å². The fourth-order valence-corrected chi connectivity index (χ4v) is 10.1. The predicted octanol–water partition coefficient (Wildman–Crippen LogP) is 5.65. The van der Waals surface area contributed by atoms with Gasteiger partial charge in [-0.05, 0) is 124 Å². The van der Waals surface area contributed by atoms with Crippen molar-refractivity contribution in [3.05, 3.63) is 108 Å². The number of pyridine rings is 2. The van der Waals surface area contributed by atoms with Crippen molar-refractivity contribution in [2.75, 3.05) is 73.2 Å². The number of nitrogens with one attached hydrogen (secondary N) is 4. The molecule has 2 atom stereocenters. The number of hydrogen-bond acceptors (Lipinski definition) is 13. The number of anilines is 4. The smallest absolute Gasteiger partial charge is 0.266 e. The van der Waals surface area contributed by atoms with Gasteiger partial charge >= 0.3 is 0 Å². The third-order valence-corrected chi connectivity index (χ3v) is 14.4. The summed E-state index contributed by atoms with van der Waals surface area (Å²) in [6.07, 6.45) is 6.41. The number of imide groups is 2. The fourth-order valence-electron chi connectivity index (χ4n) is 10.1. The van der Waals surface area contributed by atoms with Crippen LogP contribution in [0.1, 0.15) is 66.2 Å². The standard InChI is InChI=1S/C51H53FN10O7/c1-31(60-28-26-59(27-29-60)25-22-55-45-44-39(14-20-54-45)47(65)62(48(44)66)41-12-13-43(63)58-46(41)64)32-16-23-61(24-17-32)36-8-11-38-40(30-36)53-21-15-42(38)69-37-9-6-35(7-10-37)57-50(68)51(18-19-51)49(67)56-34-4-2-33(52)3-5-34/h2-11,14-15,20-21,30-32,41H,12-13,16-19,22-29H2,1H3,(H,54,55)(H,56,67)(H,57,68)(H,58,63,64). The summed E-state index contributed by atoms with van der Waals surface area (Å²) in [5, 5.41) is 12.0. The van der Waals surface area contributed by atoms with Crippen molar-refractivity contribution in [1.82, 2.24) is 30.0 Å². The Hall–Kier alpha value is -7.31. The number of piperidine rings is 2. The third-order valence-electron chi connectivity index (χ3n) is 14.4. The second kappa shape index (κ2) is 19.0. The monoisotopic (exact) mass is 936 g/mol. The molecule has 69 heavy (non-hydrogen) atoms. The van der Waals surface area contributed by atoms with Gasteiger partial charge in [-0.3, -0.25) is 53.8 Å². The first-order valence-corrected chi connectivity index (χ1v) is 23.6. The molecule has 4 aliphatic heterocycles. The van der Waals surface area contributed by atoms with E-state index >= 15 is 0 Å². The second-order valence-electron chi connectivity index (χ2n) is 18.5. The van der Waals surface area contributed by atoms with Crippen molar-refractivity contribution in [3.63, 3.8) is 0 Å². The average molecular weight is 937 g/mol. The first-order chi connectivity index (χ1) is 33.4. The Morgan fingerprint density at radius 2 is 1.49 bits per heavy atom. The lowest BCUT2D eigenvalue weighted by atomic mass is 9.88. The van der Waals surface area contributed by atoms with Crippen LogP contribution in [0, 0.1) is 17.2 Å². The molecule has 0 bridgehead atoms. The molecule has 4 fully saturated rings. The van der Waals surface area contributed by atoms with Crippen LogP contribution < -0.4 is 30.9 Å². The maximum Gasteiger partial charge on any atom is 0.266 e. The maximum absolute atomic E-state index is 13.5. The van der Waals surface area contributed by atoms with E-state index in [0.717, 1.165) is 80.1 Å². The van der Waals surface area contributed by atoms with Gasteiger partial charge in [0.1, 0.15) is 34.6 Å². The van der Waals surface area contributed by atoms with Crippen molar-refractivity contribution in [2.24, 2.45) is 11.3 Å². The minimum absolute atomic E-state index is 0.0620. The second-order valence-corrected chi connectivity index (χ2v) is 18.5. The van der Waals surface area contributed by atoms with Crippen molar-refractivity contribution in [2.45, 2.75) is 57.5 Å². The normalized spacial score (nSPS) is 20.1. The number of carbonyl (C=O) groups is 6. The first-order valence-electron chi connectivity index (χ1n) is 23.6. The van der Waals surface area contributed by atoms with E-state index in [9.17, 15) is 33.2 Å². The Morgan fingerprint density at radius 3 is 2.17 bits per heavy atom. The van der Waals surface area contributed by atoms with Crippen LogP contribution in [0.25, 0.3) is 10.9 Å². The van der Waals surface area contributed by atoms with Crippen LogP contribution in [-0.2, 0) is 19.2 Å². The molecule has 2 unspecified atom stereocenters. The summed E-state index contributed by atoms with van der Waals surface area (Å²) >= 11 is 0. The van der Waals surface area contributed by atoms with Crippen LogP contribution in [-0.4, -0.2) is 125 Å². The summed E-state index contributed by atoms with van der Waals surface area (Å²) in [6.45, 7) is 9.24. The minimum atomic E-state index is -1.16. The number of rotatable bonds is 14. The van der Waals surface area contributed by atoms with Crippen LogP contribution in [0.3, 0.4) is 0 Å². The quantitative estimate of drug-likeness (QED) is 0.0788. The highest BCUT2D eigenvalue weighted by Gasteiger charge is 2.56. The number of benzene rings is 3. The molecule has 5 aliphatic rings. The molecule has 0 radical (unpaired) electrons. The van der Waals surface area contributed by atoms with Gasteiger partial charge in [0, 0.05) is 99.7 Å². The molecule has 5 aromatic rings. The summed E-state index contributed by atoms with van der Waals surface area (Å²) in [5.41, 5.74) is 2.13. The molecule has 4 N–H and O–H groups in total. The van der Waals surface area contributed by atoms with E-state index in [1.54, 1.807) is 30.5 Å². The molecule has 10 rings (SSSR count). The summed E-state index contributed by atoms with van der Waals surface area (Å²) < 4.78 is 19.6. The highest BCUT2D eigenvalue weighted by atomic mass is 19.1. The molecule has 2 aromatic heterocycles. The molecular weight excluding hydrogens is 884 g/mol. The van der Waals surface area contributed by atoms with Crippen molar-refractivity contribution in [1.29, 1.82) is 0 Å². The molecule has 6 heterocycles. The van der Waals surface area contributed by atoms with Gasteiger partial charge < -0.3 is 25.6 Å². The van der Waals surface area contributed by atoms with Gasteiger partial charge in [0.05, 0.1) is 16.6 Å². The summed E-state index contributed by atoms with van der Waals surface area (Å²) in [7, 11) is 0. The number of fused-ring (bicyclic) bond motifs is 2. The Bertz CT molecular complexity index is 2820. The lowest BCUT2D eigenvalue weighted by molar-refractivity contribution is -0.136. The fraction of sp³-hybridized carbons (Fsp3) is 0.373. The van der Waals surface area contributed by atoms with E-state index in [4.69, 9.17) is 4.74 Å². The van der Waals surface area contributed by atoms with Gasteiger partial charge in [-0.2, -0.15) is 0 Å². The third kappa shape index (κ3) is 9.33. The lowest BCUT2D eigenvalue weighted by Gasteiger charge is -2.43. The largest absolute Gasteiger partial charge is 0.457 e.